The van der Waals surface area contributed by atoms with Crippen molar-refractivity contribution in [1.29, 1.82) is 0 Å². The van der Waals surface area contributed by atoms with Crippen LogP contribution in [0.1, 0.15) is 47.2 Å². The molecule has 0 N–H and O–H groups in total. The summed E-state index contributed by atoms with van der Waals surface area (Å²) >= 11 is 0. The predicted octanol–water partition coefficient (Wildman–Crippen LogP) is 15.4. The minimum atomic E-state index is -0.599. The van der Waals surface area contributed by atoms with Crippen LogP contribution >= 0.6 is 0 Å². The van der Waals surface area contributed by atoms with E-state index in [9.17, 15) is 0 Å². The smallest absolute Gasteiger partial charge is 0.164 e. The molecule has 2 aliphatic rings. The summed E-state index contributed by atoms with van der Waals surface area (Å²) < 4.78 is 0. The van der Waals surface area contributed by atoms with Gasteiger partial charge in [-0.15, -0.1) is 0 Å². The highest BCUT2D eigenvalue weighted by Gasteiger charge is 2.54. The normalized spacial score (nSPS) is 13.7. The highest BCUT2D eigenvalue weighted by molar-refractivity contribution is 5.98. The van der Waals surface area contributed by atoms with Crippen LogP contribution in [0.15, 0.2) is 231 Å². The van der Waals surface area contributed by atoms with E-state index in [2.05, 4.69) is 208 Å². The van der Waals surface area contributed by atoms with Gasteiger partial charge in [-0.25, -0.2) is 15.0 Å². The minimum Gasteiger partial charge on any atom is -0.256 e. The summed E-state index contributed by atoms with van der Waals surface area (Å²) in [5, 5.41) is 1.13. The lowest BCUT2D eigenvalue weighted by Gasteiger charge is -2.46. The second-order valence-corrected chi connectivity index (χ2v) is 18.5. The summed E-state index contributed by atoms with van der Waals surface area (Å²) in [7, 11) is 0. The Bertz CT molecular complexity index is 3690. The first-order valence-electron chi connectivity index (χ1n) is 23.4. The molecule has 2 heterocycles. The summed E-state index contributed by atoms with van der Waals surface area (Å²) in [6.45, 7) is 4.74. The maximum absolute atomic E-state index is 5.41. The van der Waals surface area contributed by atoms with Crippen molar-refractivity contribution in [1.82, 2.24) is 19.9 Å². The number of para-hydroxylation sites is 1. The minimum absolute atomic E-state index is 0.218. The quantitative estimate of drug-likeness (QED) is 0.167. The summed E-state index contributed by atoms with van der Waals surface area (Å²) in [6, 6.07) is 80.9. The van der Waals surface area contributed by atoms with E-state index in [1.165, 1.54) is 44.5 Å². The van der Waals surface area contributed by atoms with Crippen LogP contribution < -0.4 is 0 Å². The van der Waals surface area contributed by atoms with Gasteiger partial charge in [-0.2, -0.15) is 0 Å². The van der Waals surface area contributed by atoms with Gasteiger partial charge in [0.15, 0.2) is 17.5 Å². The Morgan fingerprint density at radius 1 is 0.309 bits per heavy atom. The molecule has 2 aromatic heterocycles. The van der Waals surface area contributed by atoms with E-state index in [1.54, 1.807) is 0 Å². The first-order valence-corrected chi connectivity index (χ1v) is 23.4. The van der Waals surface area contributed by atoms with Gasteiger partial charge in [0.05, 0.1) is 10.9 Å². The molecule has 0 radical (unpaired) electrons. The van der Waals surface area contributed by atoms with E-state index in [0.29, 0.717) is 17.5 Å². The van der Waals surface area contributed by atoms with Gasteiger partial charge in [0.1, 0.15) is 0 Å². The molecule has 68 heavy (non-hydrogen) atoms. The van der Waals surface area contributed by atoms with Crippen molar-refractivity contribution in [3.05, 3.63) is 264 Å². The third kappa shape index (κ3) is 6.07. The van der Waals surface area contributed by atoms with Gasteiger partial charge >= 0.3 is 0 Å². The summed E-state index contributed by atoms with van der Waals surface area (Å²) in [6.07, 6.45) is 1.87. The molecule has 0 fully saturated rings. The lowest BCUT2D eigenvalue weighted by atomic mass is 9.55. The number of hydrogen-bond donors (Lipinski definition) is 0. The van der Waals surface area contributed by atoms with Crippen molar-refractivity contribution < 1.29 is 0 Å². The van der Waals surface area contributed by atoms with Crippen molar-refractivity contribution >= 4 is 10.9 Å². The second kappa shape index (κ2) is 15.5. The third-order valence-corrected chi connectivity index (χ3v) is 14.5. The van der Waals surface area contributed by atoms with Crippen LogP contribution in [0, 0.1) is 0 Å². The van der Waals surface area contributed by atoms with Gasteiger partial charge in [0, 0.05) is 39.3 Å². The van der Waals surface area contributed by atoms with Crippen LogP contribution in [0.4, 0.5) is 0 Å². The molecule has 4 heteroatoms. The molecular formula is C64H44N4. The lowest BCUT2D eigenvalue weighted by Crippen LogP contribution is -2.40. The molecule has 4 nitrogen and oxygen atoms in total. The topological polar surface area (TPSA) is 51.6 Å². The number of rotatable bonds is 6. The second-order valence-electron chi connectivity index (χ2n) is 18.5. The van der Waals surface area contributed by atoms with Crippen LogP contribution in [-0.4, -0.2) is 19.9 Å². The molecule has 0 saturated carbocycles. The van der Waals surface area contributed by atoms with Crippen LogP contribution in [0.2, 0.25) is 0 Å². The van der Waals surface area contributed by atoms with Crippen LogP contribution in [0.5, 0.6) is 0 Å². The Morgan fingerprint density at radius 2 is 0.779 bits per heavy atom. The van der Waals surface area contributed by atoms with Crippen molar-refractivity contribution in [2.45, 2.75) is 24.7 Å². The molecular weight excluding hydrogens is 825 g/mol. The molecule has 2 aliphatic carbocycles. The van der Waals surface area contributed by atoms with Gasteiger partial charge in [-0.05, 0) is 84.5 Å². The van der Waals surface area contributed by atoms with E-state index in [4.69, 9.17) is 19.9 Å². The zero-order valence-electron chi connectivity index (χ0n) is 37.7. The molecule has 0 atom stereocenters. The van der Waals surface area contributed by atoms with Crippen LogP contribution in [0.25, 0.3) is 89.6 Å². The fraction of sp³-hybridized carbons (Fsp3) is 0.0625. The first-order chi connectivity index (χ1) is 33.5. The van der Waals surface area contributed by atoms with E-state index in [1.807, 2.05) is 36.5 Å². The highest BCUT2D eigenvalue weighted by atomic mass is 15.0. The number of hydrogen-bond acceptors (Lipinski definition) is 4. The Kier molecular flexibility index (Phi) is 9.06. The average Bonchev–Trinajstić information content (AvgIpc) is 3.71. The molecule has 11 aromatic rings. The summed E-state index contributed by atoms with van der Waals surface area (Å²) in [4.78, 5) is 20.7. The Morgan fingerprint density at radius 3 is 1.46 bits per heavy atom. The third-order valence-electron chi connectivity index (χ3n) is 14.5. The van der Waals surface area contributed by atoms with Crippen molar-refractivity contribution in [2.24, 2.45) is 0 Å². The number of pyridine rings is 1. The van der Waals surface area contributed by atoms with Gasteiger partial charge in [-0.1, -0.05) is 226 Å². The first kappa shape index (κ1) is 39.7. The SMILES string of the molecule is CC1(C)c2ccccc2C2(c3ccc(-c4ccc(-c5cccc6cccnc56)cc4)cc3-c3c(-c4nc(-c5ccccc5)nc(-c5ccc(-c6ccccc6)cc5)n4)cccc32)c2ccccc21. The maximum Gasteiger partial charge on any atom is 0.164 e. The predicted molar refractivity (Wildman–Crippen MR) is 277 cm³/mol. The van der Waals surface area contributed by atoms with Crippen molar-refractivity contribution in [3.63, 3.8) is 0 Å². The van der Waals surface area contributed by atoms with Crippen LogP contribution in [0.3, 0.4) is 0 Å². The Balaban J connectivity index is 1.04. The average molecular weight is 869 g/mol. The number of nitrogens with zero attached hydrogens (tertiary/aromatic N) is 4. The monoisotopic (exact) mass is 868 g/mol. The van der Waals surface area contributed by atoms with Gasteiger partial charge in [0.25, 0.3) is 0 Å². The van der Waals surface area contributed by atoms with E-state index < -0.39 is 5.41 Å². The Labute approximate surface area is 396 Å². The van der Waals surface area contributed by atoms with E-state index in [-0.39, 0.29) is 5.41 Å². The number of benzene rings is 9. The fourth-order valence-corrected chi connectivity index (χ4v) is 11.3. The van der Waals surface area contributed by atoms with E-state index >= 15 is 0 Å². The number of aromatic nitrogens is 4. The van der Waals surface area contributed by atoms with Crippen molar-refractivity contribution in [2.75, 3.05) is 0 Å². The molecule has 0 aliphatic heterocycles. The largest absolute Gasteiger partial charge is 0.256 e. The fourth-order valence-electron chi connectivity index (χ4n) is 11.3. The zero-order valence-corrected chi connectivity index (χ0v) is 37.7. The maximum atomic E-state index is 5.41. The molecule has 0 unspecified atom stereocenters. The number of fused-ring (bicyclic) bond motifs is 10. The standard InChI is InChI=1S/C64H44N4/c1-63(2)53-24-9-11-26-55(53)64(56-27-12-10-25-54(56)63)52-38-37-48(43-29-33-44(34-30-43)49-22-13-20-45-21-15-39-65-59(45)49)40-51(52)58-50(23-14-28-57(58)64)62-67-60(46-18-7-4-8-19-46)66-61(68-62)47-35-31-42(32-36-47)41-16-5-3-6-17-41/h3-40H,1-2H3. The molecule has 9 aromatic carbocycles. The molecule has 0 amide bonds. The molecule has 1 spiro atoms. The summed E-state index contributed by atoms with van der Waals surface area (Å²) in [5.74, 6) is 1.90. The van der Waals surface area contributed by atoms with Gasteiger partial charge in [-0.3, -0.25) is 4.98 Å². The van der Waals surface area contributed by atoms with Gasteiger partial charge in [0.2, 0.25) is 0 Å². The molecule has 13 rings (SSSR count). The summed E-state index contributed by atoms with van der Waals surface area (Å²) in [5.41, 5.74) is 20.0. The lowest BCUT2D eigenvalue weighted by molar-refractivity contribution is 0.563. The molecule has 320 valence electrons. The van der Waals surface area contributed by atoms with Crippen molar-refractivity contribution in [3.8, 4) is 78.7 Å². The molecule has 0 saturated heterocycles. The zero-order chi connectivity index (χ0) is 45.4. The van der Waals surface area contributed by atoms with Crippen LogP contribution in [-0.2, 0) is 10.8 Å². The highest BCUT2D eigenvalue weighted by Crippen LogP contribution is 2.63. The van der Waals surface area contributed by atoms with E-state index in [0.717, 1.165) is 61.0 Å². The Hall–Kier alpha value is -8.60. The molecule has 0 bridgehead atoms. The van der Waals surface area contributed by atoms with Gasteiger partial charge < -0.3 is 0 Å².